The Labute approximate surface area is 229 Å². The Bertz CT molecular complexity index is 1500. The number of likely N-dealkylation sites (N-methyl/N-ethyl adjacent to an activating group) is 1. The number of fused-ring (bicyclic) bond motifs is 3. The van der Waals surface area contributed by atoms with Crippen molar-refractivity contribution in [3.05, 3.63) is 65.4 Å². The van der Waals surface area contributed by atoms with Crippen molar-refractivity contribution in [3.63, 3.8) is 0 Å². The average Bonchev–Trinajstić information content (AvgIpc) is 3.59. The molecule has 0 radical (unpaired) electrons. The van der Waals surface area contributed by atoms with Crippen LogP contribution in [0.15, 0.2) is 48.5 Å². The van der Waals surface area contributed by atoms with Crippen LogP contribution in [0, 0.1) is 17.2 Å². The second-order valence-corrected chi connectivity index (χ2v) is 11.6. The molecule has 1 saturated heterocycles. The zero-order valence-electron chi connectivity index (χ0n) is 23.1. The van der Waals surface area contributed by atoms with E-state index in [0.29, 0.717) is 18.0 Å². The van der Waals surface area contributed by atoms with Crippen LogP contribution in [0.1, 0.15) is 68.1 Å². The van der Waals surface area contributed by atoms with Crippen molar-refractivity contribution in [1.29, 1.82) is 5.26 Å². The van der Waals surface area contributed by atoms with Gasteiger partial charge in [0.1, 0.15) is 17.8 Å². The number of hydrogen-bond acceptors (Lipinski definition) is 4. The lowest BCUT2D eigenvalue weighted by Gasteiger charge is -2.33. The number of amides is 3. The first-order valence-corrected chi connectivity index (χ1v) is 13.6. The highest BCUT2D eigenvalue weighted by Gasteiger charge is 2.56. The van der Waals surface area contributed by atoms with Gasteiger partial charge in [0, 0.05) is 36.6 Å². The highest BCUT2D eigenvalue weighted by atomic mass is 16.2. The van der Waals surface area contributed by atoms with E-state index in [2.05, 4.69) is 42.4 Å². The van der Waals surface area contributed by atoms with Crippen LogP contribution in [0.25, 0.3) is 10.9 Å². The Morgan fingerprint density at radius 3 is 2.59 bits per heavy atom. The maximum Gasteiger partial charge on any atom is 0.270 e. The Balaban J connectivity index is 1.45. The number of aromatic nitrogens is 1. The van der Waals surface area contributed by atoms with Gasteiger partial charge < -0.3 is 20.1 Å². The van der Waals surface area contributed by atoms with Crippen molar-refractivity contribution >= 4 is 34.3 Å². The number of para-hydroxylation sites is 1. The molecule has 1 aromatic heterocycles. The monoisotopic (exact) mass is 525 g/mol. The van der Waals surface area contributed by atoms with E-state index in [9.17, 15) is 19.6 Å². The number of H-pyrrole nitrogens is 1. The van der Waals surface area contributed by atoms with Gasteiger partial charge in [-0.2, -0.15) is 5.26 Å². The fourth-order valence-corrected chi connectivity index (χ4v) is 6.01. The summed E-state index contributed by atoms with van der Waals surface area (Å²) >= 11 is 0. The topological polar surface area (TPSA) is 109 Å². The third-order valence-corrected chi connectivity index (χ3v) is 8.23. The summed E-state index contributed by atoms with van der Waals surface area (Å²) in [5.74, 6) is -0.299. The number of anilines is 1. The number of carbonyl (C=O) groups is 3. The van der Waals surface area contributed by atoms with Gasteiger partial charge in [-0.3, -0.25) is 14.4 Å². The van der Waals surface area contributed by atoms with Gasteiger partial charge in [0.2, 0.25) is 11.8 Å². The van der Waals surface area contributed by atoms with Crippen LogP contribution < -0.4 is 5.32 Å². The maximum absolute atomic E-state index is 14.1. The summed E-state index contributed by atoms with van der Waals surface area (Å²) < 4.78 is 0. The van der Waals surface area contributed by atoms with E-state index in [0.717, 1.165) is 22.2 Å². The number of carbonyl (C=O) groups excluding carboxylic acids is 3. The van der Waals surface area contributed by atoms with Crippen molar-refractivity contribution in [3.8, 4) is 6.07 Å². The zero-order chi connectivity index (χ0) is 28.1. The molecule has 2 aliphatic rings. The maximum atomic E-state index is 14.1. The third-order valence-electron chi connectivity index (χ3n) is 8.23. The molecule has 3 aromatic rings. The van der Waals surface area contributed by atoms with Crippen molar-refractivity contribution in [2.75, 3.05) is 18.9 Å². The Morgan fingerprint density at radius 1 is 1.15 bits per heavy atom. The van der Waals surface area contributed by atoms with E-state index in [4.69, 9.17) is 0 Å². The van der Waals surface area contributed by atoms with E-state index in [1.165, 1.54) is 15.4 Å². The van der Waals surface area contributed by atoms with Crippen LogP contribution in [-0.4, -0.2) is 58.2 Å². The molecule has 8 nitrogen and oxygen atoms in total. The molecule has 39 heavy (non-hydrogen) atoms. The molecule has 0 saturated carbocycles. The van der Waals surface area contributed by atoms with Crippen LogP contribution in [0.4, 0.5) is 5.69 Å². The molecule has 0 bridgehead atoms. The fraction of sp³-hybridized carbons (Fsp3) is 0.419. The first kappa shape index (κ1) is 26.5. The van der Waals surface area contributed by atoms with Crippen molar-refractivity contribution in [2.45, 2.75) is 64.0 Å². The standard InChI is InChI=1S/C31H35N5O3/c1-18(2)12-27(35(5)28(37)26-14-21-13-20(19(3)4)10-11-24(21)33-26)29(38)36-17-31(15-22(36)16-32)23-8-6-7-9-25(23)34-30(31)39/h6-11,13-14,18-19,22,27,33H,12,15,17H2,1-5H3,(H,34,39)/t22-,27?,31-/m0/s1. The van der Waals surface area contributed by atoms with Gasteiger partial charge in [0.25, 0.3) is 5.91 Å². The predicted octanol–water partition coefficient (Wildman–Crippen LogP) is 4.79. The number of likely N-dealkylation sites (tertiary alicyclic amines) is 1. The van der Waals surface area contributed by atoms with E-state index in [1.807, 2.05) is 50.2 Å². The molecule has 2 N–H and O–H groups in total. The summed E-state index contributed by atoms with van der Waals surface area (Å²) in [6.07, 6.45) is 0.660. The second-order valence-electron chi connectivity index (χ2n) is 11.6. The highest BCUT2D eigenvalue weighted by molar-refractivity contribution is 6.07. The van der Waals surface area contributed by atoms with Gasteiger partial charge in [0.15, 0.2) is 0 Å². The smallest absolute Gasteiger partial charge is 0.270 e. The van der Waals surface area contributed by atoms with Gasteiger partial charge >= 0.3 is 0 Å². The van der Waals surface area contributed by atoms with E-state index in [-0.39, 0.29) is 36.6 Å². The van der Waals surface area contributed by atoms with Gasteiger partial charge in [-0.25, -0.2) is 0 Å². The van der Waals surface area contributed by atoms with Crippen LogP contribution in [0.5, 0.6) is 0 Å². The van der Waals surface area contributed by atoms with Gasteiger partial charge in [0.05, 0.1) is 11.5 Å². The lowest BCUT2D eigenvalue weighted by atomic mass is 9.80. The van der Waals surface area contributed by atoms with E-state index in [1.54, 1.807) is 7.05 Å². The summed E-state index contributed by atoms with van der Waals surface area (Å²) in [5, 5.41) is 13.9. The van der Waals surface area contributed by atoms with Crippen LogP contribution in [0.3, 0.4) is 0 Å². The van der Waals surface area contributed by atoms with Crippen molar-refractivity contribution < 1.29 is 14.4 Å². The summed E-state index contributed by atoms with van der Waals surface area (Å²) in [7, 11) is 1.64. The number of nitrogens with zero attached hydrogens (tertiary/aromatic N) is 3. The largest absolute Gasteiger partial charge is 0.351 e. The summed E-state index contributed by atoms with van der Waals surface area (Å²) in [6.45, 7) is 8.36. The van der Waals surface area contributed by atoms with Gasteiger partial charge in [-0.05, 0) is 53.6 Å². The van der Waals surface area contributed by atoms with Crippen molar-refractivity contribution in [1.82, 2.24) is 14.8 Å². The average molecular weight is 526 g/mol. The third kappa shape index (κ3) is 4.46. The summed E-state index contributed by atoms with van der Waals surface area (Å²) in [6, 6.07) is 16.1. The predicted molar refractivity (Wildman–Crippen MR) is 150 cm³/mol. The molecule has 3 amide bonds. The zero-order valence-corrected chi connectivity index (χ0v) is 23.1. The minimum atomic E-state index is -0.969. The lowest BCUT2D eigenvalue weighted by molar-refractivity contribution is -0.136. The normalized spacial score (nSPS) is 20.9. The molecule has 1 unspecified atom stereocenters. The Kier molecular flexibility index (Phi) is 6.71. The number of rotatable bonds is 6. The van der Waals surface area contributed by atoms with Crippen LogP contribution in [0.2, 0.25) is 0 Å². The molecule has 1 spiro atoms. The summed E-state index contributed by atoms with van der Waals surface area (Å²) in [5.41, 5.74) is 3.02. The summed E-state index contributed by atoms with van der Waals surface area (Å²) in [4.78, 5) is 47.2. The number of nitrogens with one attached hydrogen (secondary N) is 2. The molecule has 2 aliphatic heterocycles. The van der Waals surface area contributed by atoms with Crippen molar-refractivity contribution in [2.24, 2.45) is 5.92 Å². The lowest BCUT2D eigenvalue weighted by Crippen LogP contribution is -2.52. The Hall–Kier alpha value is -4.12. The van der Waals surface area contributed by atoms with E-state index < -0.39 is 17.5 Å². The van der Waals surface area contributed by atoms with Crippen LogP contribution >= 0.6 is 0 Å². The molecule has 0 aliphatic carbocycles. The van der Waals surface area contributed by atoms with Gasteiger partial charge in [-0.1, -0.05) is 52.0 Å². The minimum Gasteiger partial charge on any atom is -0.351 e. The first-order chi connectivity index (χ1) is 18.6. The number of aromatic amines is 1. The molecular formula is C31H35N5O3. The molecule has 8 heteroatoms. The number of nitriles is 1. The number of hydrogen-bond donors (Lipinski definition) is 2. The molecule has 5 rings (SSSR count). The molecule has 1 fully saturated rings. The van der Waals surface area contributed by atoms with Gasteiger partial charge in [-0.15, -0.1) is 0 Å². The molecule has 3 heterocycles. The SMILES string of the molecule is CC(C)CC(C(=O)N1C[C@]2(C[C@H]1C#N)C(=O)Nc1ccccc12)N(C)C(=O)c1cc2cc(C(C)C)ccc2[nH]1. The fourth-order valence-electron chi connectivity index (χ4n) is 6.01. The molecular weight excluding hydrogens is 490 g/mol. The molecule has 2 aromatic carbocycles. The minimum absolute atomic E-state index is 0.105. The van der Waals surface area contributed by atoms with Crippen LogP contribution in [-0.2, 0) is 15.0 Å². The Morgan fingerprint density at radius 2 is 1.90 bits per heavy atom. The number of benzene rings is 2. The first-order valence-electron chi connectivity index (χ1n) is 13.6. The second kappa shape index (κ2) is 9.88. The molecule has 202 valence electrons. The highest BCUT2D eigenvalue weighted by Crippen LogP contribution is 2.46. The van der Waals surface area contributed by atoms with E-state index >= 15 is 0 Å². The quantitative estimate of drug-likeness (QED) is 0.482. The molecule has 3 atom stereocenters.